The standard InChI is InChI=1S/C15H20FN3/c1-2-19-14-10-11(16)7-8-12(14)18-15(19)13-6-4-3-5-9-17-13/h7-8,10,13,17H,2-6,9H2,1H3. The van der Waals surface area contributed by atoms with Crippen molar-refractivity contribution in [3.63, 3.8) is 0 Å². The van der Waals surface area contributed by atoms with Crippen LogP contribution in [0, 0.1) is 5.82 Å². The molecule has 0 amide bonds. The molecule has 3 nitrogen and oxygen atoms in total. The van der Waals surface area contributed by atoms with E-state index < -0.39 is 0 Å². The summed E-state index contributed by atoms with van der Waals surface area (Å²) in [5.41, 5.74) is 1.80. The molecule has 0 spiro atoms. The molecule has 4 heteroatoms. The Hall–Kier alpha value is -1.42. The van der Waals surface area contributed by atoms with E-state index in [2.05, 4.69) is 16.8 Å². The van der Waals surface area contributed by atoms with Crippen molar-refractivity contribution in [2.45, 2.75) is 45.2 Å². The Balaban J connectivity index is 2.06. The molecule has 1 fully saturated rings. The average Bonchev–Trinajstić information content (AvgIpc) is 2.61. The normalized spacial score (nSPS) is 20.6. The number of benzene rings is 1. The summed E-state index contributed by atoms with van der Waals surface area (Å²) in [5.74, 6) is 0.868. The molecule has 0 radical (unpaired) electrons. The zero-order valence-corrected chi connectivity index (χ0v) is 11.3. The Labute approximate surface area is 112 Å². The van der Waals surface area contributed by atoms with E-state index in [9.17, 15) is 4.39 Å². The van der Waals surface area contributed by atoms with Crippen LogP contribution in [0.25, 0.3) is 11.0 Å². The number of nitrogens with zero attached hydrogens (tertiary/aromatic N) is 2. The topological polar surface area (TPSA) is 29.9 Å². The number of fused-ring (bicyclic) bond motifs is 1. The maximum Gasteiger partial charge on any atom is 0.127 e. The molecule has 0 saturated carbocycles. The van der Waals surface area contributed by atoms with Gasteiger partial charge in [-0.15, -0.1) is 0 Å². The molecule has 1 aromatic heterocycles. The minimum Gasteiger partial charge on any atom is -0.327 e. The Morgan fingerprint density at radius 3 is 3.11 bits per heavy atom. The van der Waals surface area contributed by atoms with Crippen molar-refractivity contribution >= 4 is 11.0 Å². The number of hydrogen-bond acceptors (Lipinski definition) is 2. The molecule has 1 saturated heterocycles. The van der Waals surface area contributed by atoms with Gasteiger partial charge in [0, 0.05) is 6.54 Å². The lowest BCUT2D eigenvalue weighted by Gasteiger charge is -2.16. The van der Waals surface area contributed by atoms with Crippen LogP contribution in [0.1, 0.15) is 44.5 Å². The van der Waals surface area contributed by atoms with Crippen LogP contribution in [0.3, 0.4) is 0 Å². The Morgan fingerprint density at radius 1 is 1.37 bits per heavy atom. The van der Waals surface area contributed by atoms with E-state index >= 15 is 0 Å². The van der Waals surface area contributed by atoms with Gasteiger partial charge in [0.25, 0.3) is 0 Å². The van der Waals surface area contributed by atoms with E-state index in [1.807, 2.05) is 0 Å². The first kappa shape index (κ1) is 12.6. The van der Waals surface area contributed by atoms with Crippen LogP contribution in [-0.4, -0.2) is 16.1 Å². The van der Waals surface area contributed by atoms with E-state index in [0.29, 0.717) is 6.04 Å². The highest BCUT2D eigenvalue weighted by Crippen LogP contribution is 2.26. The number of halogens is 1. The average molecular weight is 261 g/mol. The Kier molecular flexibility index (Phi) is 3.51. The molecule has 1 N–H and O–H groups in total. The fourth-order valence-corrected chi connectivity index (χ4v) is 2.96. The van der Waals surface area contributed by atoms with E-state index in [4.69, 9.17) is 4.98 Å². The molecule has 102 valence electrons. The van der Waals surface area contributed by atoms with Crippen LogP contribution in [0.2, 0.25) is 0 Å². The fraction of sp³-hybridized carbons (Fsp3) is 0.533. The number of aromatic nitrogens is 2. The predicted molar refractivity (Wildman–Crippen MR) is 74.6 cm³/mol. The summed E-state index contributed by atoms with van der Waals surface area (Å²) < 4.78 is 15.6. The van der Waals surface area contributed by atoms with Gasteiger partial charge in [-0.25, -0.2) is 9.37 Å². The lowest BCUT2D eigenvalue weighted by atomic mass is 10.1. The van der Waals surface area contributed by atoms with Crippen molar-refractivity contribution in [2.75, 3.05) is 6.54 Å². The zero-order chi connectivity index (χ0) is 13.2. The lowest BCUT2D eigenvalue weighted by molar-refractivity contribution is 0.486. The third-order valence-electron chi connectivity index (χ3n) is 3.93. The number of imidazole rings is 1. The first-order chi connectivity index (χ1) is 9.29. The fourth-order valence-electron chi connectivity index (χ4n) is 2.96. The molecule has 2 heterocycles. The highest BCUT2D eigenvalue weighted by atomic mass is 19.1. The van der Waals surface area contributed by atoms with Gasteiger partial charge in [0.15, 0.2) is 0 Å². The van der Waals surface area contributed by atoms with Crippen molar-refractivity contribution in [3.05, 3.63) is 29.8 Å². The molecule has 3 rings (SSSR count). The molecule has 2 aromatic rings. The summed E-state index contributed by atoms with van der Waals surface area (Å²) >= 11 is 0. The quantitative estimate of drug-likeness (QED) is 0.898. The summed E-state index contributed by atoms with van der Waals surface area (Å²) in [5, 5.41) is 3.57. The number of aryl methyl sites for hydroxylation is 1. The molecule has 1 aliphatic rings. The minimum atomic E-state index is -0.192. The maximum atomic E-state index is 13.4. The SMILES string of the molecule is CCn1c(C2CCCCCN2)nc2ccc(F)cc21. The van der Waals surface area contributed by atoms with Crippen LogP contribution in [0.15, 0.2) is 18.2 Å². The second-order valence-electron chi connectivity index (χ2n) is 5.20. The molecule has 1 atom stereocenters. The molecule has 0 aliphatic carbocycles. The highest BCUT2D eigenvalue weighted by Gasteiger charge is 2.20. The van der Waals surface area contributed by atoms with Gasteiger partial charge in [-0.2, -0.15) is 0 Å². The molecule has 0 bridgehead atoms. The third kappa shape index (κ3) is 2.37. The van der Waals surface area contributed by atoms with Crippen molar-refractivity contribution in [3.8, 4) is 0 Å². The Morgan fingerprint density at radius 2 is 2.26 bits per heavy atom. The number of hydrogen-bond donors (Lipinski definition) is 1. The van der Waals surface area contributed by atoms with Crippen molar-refractivity contribution in [2.24, 2.45) is 0 Å². The second-order valence-corrected chi connectivity index (χ2v) is 5.20. The number of rotatable bonds is 2. The highest BCUT2D eigenvalue weighted by molar-refractivity contribution is 5.76. The predicted octanol–water partition coefficient (Wildman–Crippen LogP) is 3.40. The van der Waals surface area contributed by atoms with Crippen LogP contribution in [-0.2, 0) is 6.54 Å². The molecular formula is C15H20FN3. The molecular weight excluding hydrogens is 241 g/mol. The lowest BCUT2D eigenvalue weighted by Crippen LogP contribution is -2.23. The van der Waals surface area contributed by atoms with Gasteiger partial charge in [-0.3, -0.25) is 0 Å². The first-order valence-electron chi connectivity index (χ1n) is 7.18. The van der Waals surface area contributed by atoms with Gasteiger partial charge >= 0.3 is 0 Å². The van der Waals surface area contributed by atoms with Crippen LogP contribution in [0.4, 0.5) is 4.39 Å². The molecule has 1 aromatic carbocycles. The maximum absolute atomic E-state index is 13.4. The van der Waals surface area contributed by atoms with Gasteiger partial charge in [-0.1, -0.05) is 12.8 Å². The summed E-state index contributed by atoms with van der Waals surface area (Å²) in [4.78, 5) is 4.72. The summed E-state index contributed by atoms with van der Waals surface area (Å²) in [6.45, 7) is 3.96. The van der Waals surface area contributed by atoms with Crippen LogP contribution >= 0.6 is 0 Å². The van der Waals surface area contributed by atoms with Crippen molar-refractivity contribution in [1.29, 1.82) is 0 Å². The van der Waals surface area contributed by atoms with Crippen molar-refractivity contribution < 1.29 is 4.39 Å². The summed E-state index contributed by atoms with van der Waals surface area (Å²) in [7, 11) is 0. The van der Waals surface area contributed by atoms with Gasteiger partial charge < -0.3 is 9.88 Å². The van der Waals surface area contributed by atoms with E-state index in [-0.39, 0.29) is 5.82 Å². The van der Waals surface area contributed by atoms with Crippen LogP contribution < -0.4 is 5.32 Å². The van der Waals surface area contributed by atoms with E-state index in [1.165, 1.54) is 25.3 Å². The smallest absolute Gasteiger partial charge is 0.127 e. The zero-order valence-electron chi connectivity index (χ0n) is 11.3. The Bertz CT molecular complexity index is 568. The first-order valence-corrected chi connectivity index (χ1v) is 7.18. The van der Waals surface area contributed by atoms with Gasteiger partial charge in [0.2, 0.25) is 0 Å². The second kappa shape index (κ2) is 5.29. The van der Waals surface area contributed by atoms with Crippen LogP contribution in [0.5, 0.6) is 0 Å². The van der Waals surface area contributed by atoms with E-state index in [0.717, 1.165) is 36.4 Å². The third-order valence-corrected chi connectivity index (χ3v) is 3.93. The number of nitrogens with one attached hydrogen (secondary N) is 1. The molecule has 1 unspecified atom stereocenters. The summed E-state index contributed by atoms with van der Waals surface area (Å²) in [6, 6.07) is 5.15. The van der Waals surface area contributed by atoms with Gasteiger partial charge in [0.1, 0.15) is 11.6 Å². The van der Waals surface area contributed by atoms with Crippen molar-refractivity contribution in [1.82, 2.24) is 14.9 Å². The largest absolute Gasteiger partial charge is 0.327 e. The summed E-state index contributed by atoms with van der Waals surface area (Å²) in [6.07, 6.45) is 4.87. The monoisotopic (exact) mass is 261 g/mol. The molecule has 19 heavy (non-hydrogen) atoms. The minimum absolute atomic E-state index is 0.192. The molecule has 1 aliphatic heterocycles. The van der Waals surface area contributed by atoms with E-state index in [1.54, 1.807) is 12.1 Å². The van der Waals surface area contributed by atoms with Gasteiger partial charge in [-0.05, 0) is 44.5 Å². The van der Waals surface area contributed by atoms with Gasteiger partial charge in [0.05, 0.1) is 17.1 Å².